The molecule has 0 bridgehead atoms. The van der Waals surface area contributed by atoms with Gasteiger partial charge in [0.05, 0.1) is 17.9 Å². The molecule has 156 valence electrons. The highest BCUT2D eigenvalue weighted by atomic mass is 35.5. The van der Waals surface area contributed by atoms with Crippen LogP contribution in [-0.2, 0) is 13.0 Å². The van der Waals surface area contributed by atoms with E-state index in [0.29, 0.717) is 46.3 Å². The highest BCUT2D eigenvalue weighted by Crippen LogP contribution is 2.27. The average molecular weight is 438 g/mol. The van der Waals surface area contributed by atoms with Crippen LogP contribution in [-0.4, -0.2) is 32.1 Å². The van der Waals surface area contributed by atoms with Gasteiger partial charge >= 0.3 is 6.03 Å². The molecule has 2 aromatic carbocycles. The lowest BCUT2D eigenvalue weighted by atomic mass is 10.1. The van der Waals surface area contributed by atoms with Gasteiger partial charge in [-0.2, -0.15) is 0 Å². The Balaban J connectivity index is 1.45. The van der Waals surface area contributed by atoms with Gasteiger partial charge in [0.1, 0.15) is 5.82 Å². The summed E-state index contributed by atoms with van der Waals surface area (Å²) in [5, 5.41) is 6.32. The summed E-state index contributed by atoms with van der Waals surface area (Å²) in [6.07, 6.45) is 0.376. The van der Waals surface area contributed by atoms with E-state index in [1.54, 1.807) is 23.1 Å². The van der Waals surface area contributed by atoms with E-state index < -0.39 is 5.82 Å². The van der Waals surface area contributed by atoms with Crippen molar-refractivity contribution >= 4 is 29.0 Å². The summed E-state index contributed by atoms with van der Waals surface area (Å²) in [6.45, 7) is 0.546. The van der Waals surface area contributed by atoms with Gasteiger partial charge in [0.15, 0.2) is 5.65 Å². The lowest BCUT2D eigenvalue weighted by molar-refractivity contribution is 0.205. The molecule has 0 fully saturated rings. The first kappa shape index (κ1) is 19.3. The molecule has 0 saturated heterocycles. The minimum Gasteiger partial charge on any atom is -0.318 e. The van der Waals surface area contributed by atoms with Crippen molar-refractivity contribution in [3.63, 3.8) is 0 Å². The van der Waals surface area contributed by atoms with Crippen LogP contribution in [0.2, 0.25) is 5.02 Å². The van der Waals surface area contributed by atoms with Crippen LogP contribution < -0.4 is 10.9 Å². The van der Waals surface area contributed by atoms with Crippen molar-refractivity contribution in [1.82, 2.24) is 19.5 Å². The lowest BCUT2D eigenvalue weighted by Crippen LogP contribution is -2.41. The maximum absolute atomic E-state index is 13.4. The number of nitrogens with one attached hydrogen (secondary N) is 2. The second kappa shape index (κ2) is 7.55. The lowest BCUT2D eigenvalue weighted by Gasteiger charge is -2.27. The number of fused-ring (bicyclic) bond motifs is 2. The number of aromatic amines is 1. The highest BCUT2D eigenvalue weighted by Gasteiger charge is 2.25. The smallest absolute Gasteiger partial charge is 0.318 e. The molecule has 0 saturated carbocycles. The Morgan fingerprint density at radius 1 is 1.16 bits per heavy atom. The topological polar surface area (TPSA) is 82.5 Å². The largest absolute Gasteiger partial charge is 0.322 e. The van der Waals surface area contributed by atoms with Gasteiger partial charge in [-0.3, -0.25) is 9.89 Å². The van der Waals surface area contributed by atoms with Crippen molar-refractivity contribution < 1.29 is 9.18 Å². The second-order valence-corrected chi connectivity index (χ2v) is 7.70. The van der Waals surface area contributed by atoms with Crippen LogP contribution >= 0.6 is 11.6 Å². The van der Waals surface area contributed by atoms with Crippen LogP contribution in [0.3, 0.4) is 0 Å². The van der Waals surface area contributed by atoms with Gasteiger partial charge in [-0.25, -0.2) is 18.7 Å². The van der Waals surface area contributed by atoms with Gasteiger partial charge in [0, 0.05) is 34.4 Å². The predicted octanol–water partition coefficient (Wildman–Crippen LogP) is 4.07. The number of anilines is 1. The maximum atomic E-state index is 13.4. The van der Waals surface area contributed by atoms with Gasteiger partial charge in [-0.1, -0.05) is 35.9 Å². The Hall–Kier alpha value is -3.65. The van der Waals surface area contributed by atoms with Gasteiger partial charge < -0.3 is 10.2 Å². The summed E-state index contributed by atoms with van der Waals surface area (Å²) < 4.78 is 14.8. The summed E-state index contributed by atoms with van der Waals surface area (Å²) in [5.41, 5.74) is 3.19. The Labute approximate surface area is 181 Å². The third-order valence-corrected chi connectivity index (χ3v) is 5.62. The molecule has 7 nitrogen and oxygen atoms in total. The monoisotopic (exact) mass is 437 g/mol. The van der Waals surface area contributed by atoms with Crippen molar-refractivity contribution in [1.29, 1.82) is 0 Å². The summed E-state index contributed by atoms with van der Waals surface area (Å²) in [6, 6.07) is 14.4. The molecule has 4 aromatic rings. The minimum absolute atomic E-state index is 0.189. The summed E-state index contributed by atoms with van der Waals surface area (Å²) in [4.78, 5) is 31.8. The average Bonchev–Trinajstić information content (AvgIpc) is 3.18. The van der Waals surface area contributed by atoms with Crippen LogP contribution in [0, 0.1) is 5.82 Å². The van der Waals surface area contributed by atoms with Crippen LogP contribution in [0.5, 0.6) is 0 Å². The molecule has 2 amide bonds. The van der Waals surface area contributed by atoms with E-state index in [-0.39, 0.29) is 18.1 Å². The predicted molar refractivity (Wildman–Crippen MR) is 116 cm³/mol. The maximum Gasteiger partial charge on any atom is 0.322 e. The molecule has 1 aliphatic heterocycles. The number of rotatable bonds is 2. The normalized spacial score (nSPS) is 13.3. The fourth-order valence-corrected chi connectivity index (χ4v) is 3.99. The number of hydrogen-bond acceptors (Lipinski definition) is 3. The third kappa shape index (κ3) is 3.55. The fraction of sp³-hybridized carbons (Fsp3) is 0.136. The van der Waals surface area contributed by atoms with Gasteiger partial charge in [-0.05, 0) is 30.7 Å². The molecule has 0 radical (unpaired) electrons. The van der Waals surface area contributed by atoms with E-state index in [9.17, 15) is 14.0 Å². The molecule has 9 heteroatoms. The molecule has 2 aromatic heterocycles. The number of urea groups is 1. The number of carbonyl (C=O) groups is 1. The summed E-state index contributed by atoms with van der Waals surface area (Å²) >= 11 is 6.28. The molecule has 0 aliphatic carbocycles. The van der Waals surface area contributed by atoms with E-state index in [0.717, 1.165) is 5.56 Å². The van der Waals surface area contributed by atoms with E-state index >= 15 is 0 Å². The molecular weight excluding hydrogens is 421 g/mol. The number of aromatic nitrogens is 3. The third-order valence-electron chi connectivity index (χ3n) is 5.29. The molecule has 0 atom stereocenters. The number of nitrogens with zero attached hydrogens (tertiary/aromatic N) is 3. The summed E-state index contributed by atoms with van der Waals surface area (Å²) in [5.74, 6) is -0.430. The van der Waals surface area contributed by atoms with Gasteiger partial charge in [0.2, 0.25) is 0 Å². The zero-order chi connectivity index (χ0) is 21.5. The standard InChI is InChI=1S/C22H17ClFN5O2/c23-17-7-2-1-6-15(17)18-11-20-26-19-12-28(9-8-16(19)21(30)29(20)27-18)22(31)25-14-5-3-4-13(24)10-14/h1-7,10-11,27H,8-9,12H2,(H,25,31). The minimum atomic E-state index is -0.430. The van der Waals surface area contributed by atoms with Crippen LogP contribution in [0.25, 0.3) is 16.9 Å². The van der Waals surface area contributed by atoms with Crippen LogP contribution in [0.1, 0.15) is 11.3 Å². The Morgan fingerprint density at radius 2 is 2.00 bits per heavy atom. The number of H-pyrrole nitrogens is 1. The Kier molecular flexibility index (Phi) is 4.71. The molecule has 3 heterocycles. The molecule has 0 unspecified atom stereocenters. The van der Waals surface area contributed by atoms with E-state index in [2.05, 4.69) is 15.4 Å². The van der Waals surface area contributed by atoms with Crippen molar-refractivity contribution in [2.24, 2.45) is 0 Å². The molecule has 1 aliphatic rings. The molecule has 2 N–H and O–H groups in total. The van der Waals surface area contributed by atoms with Crippen LogP contribution in [0.15, 0.2) is 59.4 Å². The number of hydrogen-bond donors (Lipinski definition) is 2. The van der Waals surface area contributed by atoms with Crippen molar-refractivity contribution in [2.75, 3.05) is 11.9 Å². The van der Waals surface area contributed by atoms with Crippen molar-refractivity contribution in [3.05, 3.63) is 87.0 Å². The first-order valence-electron chi connectivity index (χ1n) is 9.69. The zero-order valence-corrected chi connectivity index (χ0v) is 17.0. The van der Waals surface area contributed by atoms with Gasteiger partial charge in [0.25, 0.3) is 5.56 Å². The first-order chi connectivity index (χ1) is 15.0. The SMILES string of the molecule is O=C(Nc1cccc(F)c1)N1CCc2c(nc3cc(-c4ccccc4Cl)[nH]n3c2=O)C1. The first-order valence-corrected chi connectivity index (χ1v) is 10.1. The highest BCUT2D eigenvalue weighted by molar-refractivity contribution is 6.33. The fourth-order valence-electron chi connectivity index (χ4n) is 3.75. The number of carbonyl (C=O) groups excluding carboxylic acids is 1. The van der Waals surface area contributed by atoms with Gasteiger partial charge in [-0.15, -0.1) is 0 Å². The van der Waals surface area contributed by atoms with E-state index in [1.165, 1.54) is 22.7 Å². The molecular formula is C22H17ClFN5O2. The number of halogens is 2. The van der Waals surface area contributed by atoms with Crippen molar-refractivity contribution in [2.45, 2.75) is 13.0 Å². The quantitative estimate of drug-likeness (QED) is 0.496. The van der Waals surface area contributed by atoms with Crippen molar-refractivity contribution in [3.8, 4) is 11.3 Å². The number of benzene rings is 2. The summed E-state index contributed by atoms with van der Waals surface area (Å²) in [7, 11) is 0. The zero-order valence-electron chi connectivity index (χ0n) is 16.2. The number of amides is 2. The molecule has 5 rings (SSSR count). The second-order valence-electron chi connectivity index (χ2n) is 7.30. The Bertz CT molecular complexity index is 1380. The van der Waals surface area contributed by atoms with E-state index in [1.807, 2.05) is 18.2 Å². The molecule has 0 spiro atoms. The Morgan fingerprint density at radius 3 is 2.81 bits per heavy atom. The van der Waals surface area contributed by atoms with Crippen LogP contribution in [0.4, 0.5) is 14.9 Å². The molecule has 31 heavy (non-hydrogen) atoms. The van der Waals surface area contributed by atoms with E-state index in [4.69, 9.17) is 11.6 Å².